The van der Waals surface area contributed by atoms with Crippen LogP contribution in [-0.4, -0.2) is 25.8 Å². The highest BCUT2D eigenvalue weighted by Gasteiger charge is 2.12. The Morgan fingerprint density at radius 1 is 1.16 bits per heavy atom. The molecule has 2 aromatic heterocycles. The van der Waals surface area contributed by atoms with Crippen molar-refractivity contribution in [2.24, 2.45) is 0 Å². The van der Waals surface area contributed by atoms with Gasteiger partial charge in [0, 0.05) is 23.7 Å². The van der Waals surface area contributed by atoms with E-state index in [4.69, 9.17) is 0 Å². The number of rotatable bonds is 3. The van der Waals surface area contributed by atoms with E-state index in [0.717, 1.165) is 22.5 Å². The van der Waals surface area contributed by atoms with Crippen molar-refractivity contribution in [3.05, 3.63) is 42.9 Å². The quantitative estimate of drug-likeness (QED) is 0.779. The van der Waals surface area contributed by atoms with Crippen LogP contribution in [0.1, 0.15) is 13.8 Å². The van der Waals surface area contributed by atoms with Gasteiger partial charge in [-0.05, 0) is 26.0 Å². The lowest BCUT2D eigenvalue weighted by molar-refractivity contribution is 0.838. The Bertz CT molecular complexity index is 687. The van der Waals surface area contributed by atoms with Crippen LogP contribution in [0.3, 0.4) is 0 Å². The van der Waals surface area contributed by atoms with E-state index in [-0.39, 0.29) is 0 Å². The van der Waals surface area contributed by atoms with Crippen molar-refractivity contribution in [1.29, 1.82) is 0 Å². The average molecular weight is 253 g/mol. The highest BCUT2D eigenvalue weighted by Crippen LogP contribution is 2.25. The highest BCUT2D eigenvalue weighted by molar-refractivity contribution is 5.91. The van der Waals surface area contributed by atoms with Gasteiger partial charge in [-0.1, -0.05) is 12.1 Å². The SMILES string of the molecule is CC(C)Nc1nn(-c2ccncn2)c2ccccc12. The zero-order valence-electron chi connectivity index (χ0n) is 10.9. The molecule has 5 heteroatoms. The predicted molar refractivity (Wildman–Crippen MR) is 75.4 cm³/mol. The molecule has 96 valence electrons. The van der Waals surface area contributed by atoms with Gasteiger partial charge in [0.15, 0.2) is 11.6 Å². The van der Waals surface area contributed by atoms with E-state index in [1.54, 1.807) is 6.20 Å². The summed E-state index contributed by atoms with van der Waals surface area (Å²) >= 11 is 0. The van der Waals surface area contributed by atoms with Gasteiger partial charge in [-0.3, -0.25) is 0 Å². The molecule has 19 heavy (non-hydrogen) atoms. The van der Waals surface area contributed by atoms with Gasteiger partial charge in [0.2, 0.25) is 0 Å². The normalized spacial score (nSPS) is 11.1. The number of aromatic nitrogens is 4. The fourth-order valence-corrected chi connectivity index (χ4v) is 2.03. The molecule has 0 bridgehead atoms. The smallest absolute Gasteiger partial charge is 0.157 e. The molecule has 0 spiro atoms. The molecule has 1 aromatic carbocycles. The molecule has 0 amide bonds. The fraction of sp³-hybridized carbons (Fsp3) is 0.214. The average Bonchev–Trinajstić information content (AvgIpc) is 2.78. The number of benzene rings is 1. The third kappa shape index (κ3) is 2.14. The van der Waals surface area contributed by atoms with E-state index in [1.807, 2.05) is 28.9 Å². The molecule has 0 radical (unpaired) electrons. The second kappa shape index (κ2) is 4.68. The van der Waals surface area contributed by atoms with Crippen LogP contribution in [0, 0.1) is 0 Å². The maximum absolute atomic E-state index is 4.62. The molecule has 2 heterocycles. The van der Waals surface area contributed by atoms with E-state index < -0.39 is 0 Å². The van der Waals surface area contributed by atoms with Gasteiger partial charge in [0.25, 0.3) is 0 Å². The van der Waals surface area contributed by atoms with Gasteiger partial charge in [-0.25, -0.2) is 14.6 Å². The molecule has 0 aliphatic heterocycles. The first-order chi connectivity index (χ1) is 9.25. The molecule has 0 fully saturated rings. The van der Waals surface area contributed by atoms with Gasteiger partial charge in [-0.2, -0.15) is 0 Å². The van der Waals surface area contributed by atoms with Crippen molar-refractivity contribution in [1.82, 2.24) is 19.7 Å². The first-order valence-corrected chi connectivity index (χ1v) is 6.26. The summed E-state index contributed by atoms with van der Waals surface area (Å²) in [5.41, 5.74) is 1.03. The molecule has 0 atom stereocenters. The summed E-state index contributed by atoms with van der Waals surface area (Å²) in [4.78, 5) is 8.19. The van der Waals surface area contributed by atoms with Gasteiger partial charge in [0.05, 0.1) is 5.52 Å². The molecule has 0 aliphatic rings. The van der Waals surface area contributed by atoms with E-state index in [2.05, 4.69) is 40.3 Å². The van der Waals surface area contributed by atoms with E-state index in [0.29, 0.717) is 6.04 Å². The molecule has 0 saturated heterocycles. The molecule has 0 saturated carbocycles. The van der Waals surface area contributed by atoms with Crippen LogP contribution < -0.4 is 5.32 Å². The zero-order chi connectivity index (χ0) is 13.2. The van der Waals surface area contributed by atoms with Gasteiger partial charge in [-0.15, -0.1) is 5.10 Å². The minimum atomic E-state index is 0.331. The van der Waals surface area contributed by atoms with Gasteiger partial charge >= 0.3 is 0 Å². The van der Waals surface area contributed by atoms with Crippen LogP contribution in [-0.2, 0) is 0 Å². The highest BCUT2D eigenvalue weighted by atomic mass is 15.3. The van der Waals surface area contributed by atoms with Crippen molar-refractivity contribution in [3.8, 4) is 5.82 Å². The standard InChI is InChI=1S/C14H15N5/c1-10(2)17-14-11-5-3-4-6-12(11)19(18-14)13-7-8-15-9-16-13/h3-10H,1-2H3,(H,17,18). The Balaban J connectivity index is 2.20. The third-order valence-corrected chi connectivity index (χ3v) is 2.80. The molecular weight excluding hydrogens is 238 g/mol. The summed E-state index contributed by atoms with van der Waals surface area (Å²) < 4.78 is 1.84. The Kier molecular flexibility index (Phi) is 2.87. The van der Waals surface area contributed by atoms with Crippen LogP contribution >= 0.6 is 0 Å². The lowest BCUT2D eigenvalue weighted by atomic mass is 10.2. The number of hydrogen-bond donors (Lipinski definition) is 1. The summed E-state index contributed by atoms with van der Waals surface area (Å²) in [6.07, 6.45) is 3.25. The number of nitrogens with zero attached hydrogens (tertiary/aromatic N) is 4. The maximum Gasteiger partial charge on any atom is 0.157 e. The Labute approximate surface area is 111 Å². The van der Waals surface area contributed by atoms with Crippen molar-refractivity contribution in [2.75, 3.05) is 5.32 Å². The summed E-state index contributed by atoms with van der Waals surface area (Å²) in [6.45, 7) is 4.19. The fourth-order valence-electron chi connectivity index (χ4n) is 2.03. The number of para-hydroxylation sites is 1. The second-order valence-electron chi connectivity index (χ2n) is 4.64. The van der Waals surface area contributed by atoms with Crippen LogP contribution in [0.2, 0.25) is 0 Å². The number of nitrogens with one attached hydrogen (secondary N) is 1. The van der Waals surface area contributed by atoms with Crippen LogP contribution in [0.4, 0.5) is 5.82 Å². The summed E-state index contributed by atoms with van der Waals surface area (Å²) in [6, 6.07) is 10.3. The Morgan fingerprint density at radius 2 is 2.00 bits per heavy atom. The molecule has 1 N–H and O–H groups in total. The summed E-state index contributed by atoms with van der Waals surface area (Å²) in [7, 11) is 0. The summed E-state index contributed by atoms with van der Waals surface area (Å²) in [5.74, 6) is 1.65. The van der Waals surface area contributed by atoms with Crippen LogP contribution in [0.25, 0.3) is 16.7 Å². The molecule has 0 unspecified atom stereocenters. The van der Waals surface area contributed by atoms with Crippen molar-refractivity contribution in [3.63, 3.8) is 0 Å². The van der Waals surface area contributed by atoms with Crippen molar-refractivity contribution < 1.29 is 0 Å². The lowest BCUT2D eigenvalue weighted by Crippen LogP contribution is -2.10. The third-order valence-electron chi connectivity index (χ3n) is 2.80. The minimum Gasteiger partial charge on any atom is -0.366 e. The van der Waals surface area contributed by atoms with Crippen LogP contribution in [0.5, 0.6) is 0 Å². The van der Waals surface area contributed by atoms with Crippen LogP contribution in [0.15, 0.2) is 42.9 Å². The molecule has 5 nitrogen and oxygen atoms in total. The predicted octanol–water partition coefficient (Wildman–Crippen LogP) is 2.64. The molecule has 3 aromatic rings. The van der Waals surface area contributed by atoms with E-state index in [1.165, 1.54) is 6.33 Å². The molecular formula is C14H15N5. The van der Waals surface area contributed by atoms with E-state index in [9.17, 15) is 0 Å². The van der Waals surface area contributed by atoms with Gasteiger partial charge < -0.3 is 5.32 Å². The molecule has 0 aliphatic carbocycles. The maximum atomic E-state index is 4.62. The van der Waals surface area contributed by atoms with Crippen molar-refractivity contribution >= 4 is 16.7 Å². The first kappa shape index (κ1) is 11.6. The first-order valence-electron chi connectivity index (χ1n) is 6.26. The number of hydrogen-bond acceptors (Lipinski definition) is 4. The zero-order valence-corrected chi connectivity index (χ0v) is 10.9. The monoisotopic (exact) mass is 253 g/mol. The molecule has 3 rings (SSSR count). The van der Waals surface area contributed by atoms with E-state index >= 15 is 0 Å². The summed E-state index contributed by atoms with van der Waals surface area (Å²) in [5, 5.41) is 9.07. The topological polar surface area (TPSA) is 55.6 Å². The Morgan fingerprint density at radius 3 is 2.74 bits per heavy atom. The van der Waals surface area contributed by atoms with Crippen molar-refractivity contribution in [2.45, 2.75) is 19.9 Å². The largest absolute Gasteiger partial charge is 0.366 e. The lowest BCUT2D eigenvalue weighted by Gasteiger charge is -2.06. The number of anilines is 1. The second-order valence-corrected chi connectivity index (χ2v) is 4.64. The Hall–Kier alpha value is -2.43. The van der Waals surface area contributed by atoms with Gasteiger partial charge in [0.1, 0.15) is 6.33 Å². The number of fused-ring (bicyclic) bond motifs is 1. The minimum absolute atomic E-state index is 0.331.